The van der Waals surface area contributed by atoms with Crippen molar-refractivity contribution in [1.82, 2.24) is 0 Å². The number of hydrogen-bond acceptors (Lipinski definition) is 5. The lowest BCUT2D eigenvalue weighted by molar-refractivity contribution is -0.135. The second-order valence-corrected chi connectivity index (χ2v) is 17.9. The molecule has 0 aliphatic heterocycles. The van der Waals surface area contributed by atoms with Crippen LogP contribution in [0.15, 0.2) is 84.9 Å². The number of ether oxygens (including phenoxy) is 1. The molecule has 4 aromatic carbocycles. The van der Waals surface area contributed by atoms with Crippen molar-refractivity contribution >= 4 is 79.1 Å². The van der Waals surface area contributed by atoms with Crippen LogP contribution in [0, 0.1) is 5.41 Å². The number of fused-ring (bicyclic) bond motifs is 3. The van der Waals surface area contributed by atoms with Crippen molar-refractivity contribution in [1.29, 1.82) is 0 Å². The molecule has 0 amide bonds. The Morgan fingerprint density at radius 1 is 0.818 bits per heavy atom. The van der Waals surface area contributed by atoms with Gasteiger partial charge in [-0.25, -0.2) is 0 Å². The molecule has 1 aliphatic carbocycles. The lowest BCUT2D eigenvalue weighted by atomic mass is 9.71. The summed E-state index contributed by atoms with van der Waals surface area (Å²) in [5.74, 6) is 2.55. The second kappa shape index (κ2) is 12.6. The Labute approximate surface area is 273 Å². The number of ketones is 1. The van der Waals surface area contributed by atoms with Gasteiger partial charge >= 0.3 is 0 Å². The number of rotatable bonds is 11. The highest BCUT2D eigenvalue weighted by Gasteiger charge is 2.42. The molecule has 2 unspecified atom stereocenters. The molecule has 1 saturated carbocycles. The van der Waals surface area contributed by atoms with Crippen molar-refractivity contribution < 1.29 is 9.53 Å². The molecular formula is C38H37O2PS3. The summed E-state index contributed by atoms with van der Waals surface area (Å²) in [5, 5.41) is 5.20. The molecule has 0 bridgehead atoms. The third-order valence-electron chi connectivity index (χ3n) is 8.95. The van der Waals surface area contributed by atoms with Gasteiger partial charge in [0.15, 0.2) is 0 Å². The van der Waals surface area contributed by atoms with E-state index < -0.39 is 0 Å². The first-order valence-corrected chi connectivity index (χ1v) is 20.5. The quantitative estimate of drug-likeness (QED) is 0.103. The zero-order chi connectivity index (χ0) is 30.3. The maximum absolute atomic E-state index is 12.0. The van der Waals surface area contributed by atoms with Gasteiger partial charge < -0.3 is 4.74 Å². The molecule has 1 aliphatic rings. The third kappa shape index (κ3) is 6.22. The minimum Gasteiger partial charge on any atom is -0.489 e. The maximum atomic E-state index is 12.0. The third-order valence-corrected chi connectivity index (χ3v) is 13.7. The molecule has 6 aromatic rings. The Morgan fingerprint density at radius 2 is 1.41 bits per heavy atom. The molecule has 2 heterocycles. The number of carbonyl (C=O) groups is 1. The second-order valence-electron chi connectivity index (χ2n) is 12.4. The SMILES string of the molecule is CSCCCc1ccc(-c2cc3cc4cc5sc(-c6ccc(OCP(C)CC7(C)CCC7=O)cc6)cc5cc4cc3s2)cc1. The fourth-order valence-corrected chi connectivity index (χ4v) is 10.8. The fraction of sp³-hybridized carbons (Fsp3) is 0.289. The smallest absolute Gasteiger partial charge is 0.139 e. The summed E-state index contributed by atoms with van der Waals surface area (Å²) in [6, 6.07) is 31.8. The van der Waals surface area contributed by atoms with E-state index in [1.807, 2.05) is 34.4 Å². The highest BCUT2D eigenvalue weighted by atomic mass is 32.2. The van der Waals surface area contributed by atoms with Gasteiger partial charge in [0.25, 0.3) is 0 Å². The van der Waals surface area contributed by atoms with E-state index in [4.69, 9.17) is 4.74 Å². The monoisotopic (exact) mass is 652 g/mol. The van der Waals surface area contributed by atoms with E-state index in [0.29, 0.717) is 12.1 Å². The van der Waals surface area contributed by atoms with Crippen molar-refractivity contribution in [3.63, 3.8) is 0 Å². The van der Waals surface area contributed by atoms with Crippen molar-refractivity contribution in [2.75, 3.05) is 31.2 Å². The minimum absolute atomic E-state index is 0.0993. The van der Waals surface area contributed by atoms with Gasteiger partial charge in [0.05, 0.1) is 0 Å². The summed E-state index contributed by atoms with van der Waals surface area (Å²) < 4.78 is 8.78. The average molecular weight is 653 g/mol. The summed E-state index contributed by atoms with van der Waals surface area (Å²) in [6.07, 6.45) is 8.03. The zero-order valence-corrected chi connectivity index (χ0v) is 28.9. The Balaban J connectivity index is 1.06. The topological polar surface area (TPSA) is 26.3 Å². The summed E-state index contributed by atoms with van der Waals surface area (Å²) >= 11 is 5.66. The lowest BCUT2D eigenvalue weighted by Crippen LogP contribution is -2.40. The predicted molar refractivity (Wildman–Crippen MR) is 198 cm³/mol. The average Bonchev–Trinajstić information content (AvgIpc) is 3.65. The minimum atomic E-state index is -0.322. The molecule has 0 saturated heterocycles. The molecule has 0 N–H and O–H groups in total. The van der Waals surface area contributed by atoms with Gasteiger partial charge in [-0.1, -0.05) is 39.1 Å². The van der Waals surface area contributed by atoms with E-state index in [1.54, 1.807) is 0 Å². The summed E-state index contributed by atoms with van der Waals surface area (Å²) in [5.41, 5.74) is 3.85. The Morgan fingerprint density at radius 3 is 1.93 bits per heavy atom. The van der Waals surface area contributed by atoms with Gasteiger partial charge in [0, 0.05) is 31.0 Å². The van der Waals surface area contributed by atoms with E-state index in [2.05, 4.69) is 105 Å². The van der Waals surface area contributed by atoms with Crippen molar-refractivity contribution in [3.8, 4) is 26.6 Å². The normalized spacial score (nSPS) is 17.4. The zero-order valence-electron chi connectivity index (χ0n) is 25.5. The highest BCUT2D eigenvalue weighted by molar-refractivity contribution is 7.98. The number of thioether (sulfide) groups is 1. The van der Waals surface area contributed by atoms with E-state index in [-0.39, 0.29) is 13.3 Å². The molecule has 0 radical (unpaired) electrons. The van der Waals surface area contributed by atoms with Gasteiger partial charge in [-0.2, -0.15) is 11.8 Å². The first-order chi connectivity index (χ1) is 21.4. The standard InChI is InChI=1S/C38H37O2PS3/c1-38(15-14-37(38)39)23-41(2)24-40-32-12-10-27(11-13-32)34-22-31-18-29-19-35-30(17-28(29)20-36(31)44-34)21-33(43-35)26-8-6-25(7-9-26)5-4-16-42-3/h6-13,17-22H,4-5,14-16,23-24H2,1-3H3. The van der Waals surface area contributed by atoms with Gasteiger partial charge in [-0.05, 0) is 143 Å². The van der Waals surface area contributed by atoms with Crippen LogP contribution in [0.25, 0.3) is 51.8 Å². The Bertz CT molecular complexity index is 1880. The van der Waals surface area contributed by atoms with Crippen molar-refractivity contribution in [2.45, 2.75) is 32.6 Å². The largest absolute Gasteiger partial charge is 0.489 e. The number of Topliss-reactive ketones (excluding diaryl/α,β-unsaturated/α-hetero) is 1. The molecule has 1 fully saturated rings. The van der Waals surface area contributed by atoms with Gasteiger partial charge in [0.2, 0.25) is 0 Å². The van der Waals surface area contributed by atoms with Crippen LogP contribution in [0.5, 0.6) is 5.75 Å². The van der Waals surface area contributed by atoms with E-state index in [1.165, 1.54) is 69.6 Å². The molecule has 2 aromatic heterocycles. The number of thiophene rings is 2. The Kier molecular flexibility index (Phi) is 8.59. The van der Waals surface area contributed by atoms with E-state index in [9.17, 15) is 4.79 Å². The first kappa shape index (κ1) is 30.0. The molecular weight excluding hydrogens is 616 g/mol. The number of benzene rings is 4. The van der Waals surface area contributed by atoms with Crippen molar-refractivity contribution in [2.24, 2.45) is 5.41 Å². The maximum Gasteiger partial charge on any atom is 0.139 e. The molecule has 6 heteroatoms. The van der Waals surface area contributed by atoms with Gasteiger partial charge in [-0.3, -0.25) is 4.79 Å². The number of aryl methyl sites for hydroxylation is 1. The molecule has 44 heavy (non-hydrogen) atoms. The van der Waals surface area contributed by atoms with Crippen LogP contribution >= 0.6 is 42.4 Å². The van der Waals surface area contributed by atoms with Gasteiger partial charge in [0.1, 0.15) is 17.9 Å². The van der Waals surface area contributed by atoms with Crippen LogP contribution in [0.4, 0.5) is 0 Å². The summed E-state index contributed by atoms with van der Waals surface area (Å²) in [6.45, 7) is 4.37. The first-order valence-electron chi connectivity index (χ1n) is 15.3. The predicted octanol–water partition coefficient (Wildman–Crippen LogP) is 11.7. The molecule has 2 atom stereocenters. The summed E-state index contributed by atoms with van der Waals surface area (Å²) in [4.78, 5) is 14.6. The molecule has 224 valence electrons. The molecule has 7 rings (SSSR count). The number of carbonyl (C=O) groups excluding carboxylic acids is 1. The summed E-state index contributed by atoms with van der Waals surface area (Å²) in [7, 11) is -0.322. The van der Waals surface area contributed by atoms with Gasteiger partial charge in [-0.15, -0.1) is 22.7 Å². The van der Waals surface area contributed by atoms with Crippen LogP contribution in [-0.4, -0.2) is 37.0 Å². The van der Waals surface area contributed by atoms with Crippen LogP contribution in [0.3, 0.4) is 0 Å². The van der Waals surface area contributed by atoms with Crippen LogP contribution in [0.2, 0.25) is 0 Å². The number of hydrogen-bond donors (Lipinski definition) is 0. The molecule has 2 nitrogen and oxygen atoms in total. The van der Waals surface area contributed by atoms with E-state index in [0.717, 1.165) is 31.2 Å². The highest BCUT2D eigenvalue weighted by Crippen LogP contribution is 2.47. The van der Waals surface area contributed by atoms with Crippen molar-refractivity contribution in [3.05, 3.63) is 90.5 Å². The van der Waals surface area contributed by atoms with Crippen LogP contribution in [-0.2, 0) is 11.2 Å². The Hall–Kier alpha value is -2.69. The lowest BCUT2D eigenvalue weighted by Gasteiger charge is -2.38. The van der Waals surface area contributed by atoms with Crippen LogP contribution < -0.4 is 4.74 Å². The van der Waals surface area contributed by atoms with Crippen LogP contribution in [0.1, 0.15) is 31.7 Å². The fourth-order valence-electron chi connectivity index (χ4n) is 6.23. The van der Waals surface area contributed by atoms with E-state index >= 15 is 0 Å². The molecule has 0 spiro atoms.